The molecule has 0 spiro atoms. The normalized spacial score (nSPS) is 8.36. The maximum atomic E-state index is 9.70. The molecule has 0 bridgehead atoms. The van der Waals surface area contributed by atoms with E-state index >= 15 is 0 Å². The van der Waals surface area contributed by atoms with Crippen LogP contribution in [0.1, 0.15) is 27.7 Å². The molecule has 0 atom stereocenters. The zero-order valence-electron chi connectivity index (χ0n) is 7.07. The molecule has 4 heteroatoms. The van der Waals surface area contributed by atoms with Gasteiger partial charge in [-0.2, -0.15) is 0 Å². The maximum absolute atomic E-state index is 9.70. The van der Waals surface area contributed by atoms with Gasteiger partial charge in [-0.25, -0.2) is 0 Å². The minimum Gasteiger partial charge on any atom is -0.541 e. The van der Waals surface area contributed by atoms with E-state index in [-0.39, 0.29) is 27.8 Å². The van der Waals surface area contributed by atoms with Gasteiger partial charge in [0.25, 0.3) is 5.97 Å². The van der Waals surface area contributed by atoms with Crippen LogP contribution in [0.25, 0.3) is 0 Å². The second-order valence-corrected chi connectivity index (χ2v) is 2.87. The molecule has 0 rings (SSSR count). The molecular weight excluding hydrogens is 240 g/mol. The van der Waals surface area contributed by atoms with Gasteiger partial charge in [-0.15, -0.1) is 5.41 Å². The van der Waals surface area contributed by atoms with Gasteiger partial charge >= 0.3 is 22.4 Å². The molecule has 0 amide bonds. The van der Waals surface area contributed by atoms with Crippen LogP contribution in [0.3, 0.4) is 0 Å². The third-order valence-electron chi connectivity index (χ3n) is 0.306. The summed E-state index contributed by atoms with van der Waals surface area (Å²) in [6, 6.07) is 0. The van der Waals surface area contributed by atoms with Crippen molar-refractivity contribution in [2.75, 3.05) is 0 Å². The first kappa shape index (κ1) is 17.1. The summed E-state index contributed by atoms with van der Waals surface area (Å²) in [6.45, 7) is 6.54. The van der Waals surface area contributed by atoms with Crippen molar-refractivity contribution in [2.24, 2.45) is 5.41 Å². The molecule has 11 heavy (non-hydrogen) atoms. The SMILES string of the molecule is CC(=O)O.CC(C)(C)[C-]=O.[Ag+]. The van der Waals surface area contributed by atoms with Gasteiger partial charge in [0, 0.05) is 6.92 Å². The van der Waals surface area contributed by atoms with E-state index in [1.165, 1.54) is 0 Å². The van der Waals surface area contributed by atoms with Gasteiger partial charge in [0.05, 0.1) is 0 Å². The zero-order chi connectivity index (χ0) is 8.78. The van der Waals surface area contributed by atoms with E-state index < -0.39 is 5.97 Å². The number of hydrogen-bond donors (Lipinski definition) is 1. The molecule has 0 unspecified atom stereocenters. The van der Waals surface area contributed by atoms with Gasteiger partial charge in [-0.3, -0.25) is 11.1 Å². The molecule has 70 valence electrons. The third kappa shape index (κ3) is 74.0. The minimum absolute atomic E-state index is 0. The first-order valence-corrected chi connectivity index (χ1v) is 2.88. The molecular formula is C7H13AgO3. The van der Waals surface area contributed by atoms with E-state index in [9.17, 15) is 4.79 Å². The standard InChI is InChI=1S/C5H9O.C2H4O2.Ag/c1-5(2,3)4-6;1-2(3)4;/h1-3H3;1H3,(H,3,4);/q-1;;+1. The summed E-state index contributed by atoms with van der Waals surface area (Å²) in [5, 5.41) is 7.42. The maximum Gasteiger partial charge on any atom is 1.00 e. The molecule has 0 heterocycles. The van der Waals surface area contributed by atoms with Crippen LogP contribution in [-0.2, 0) is 32.0 Å². The summed E-state index contributed by atoms with van der Waals surface area (Å²) in [5.74, 6) is -0.833. The predicted molar refractivity (Wildman–Crippen MR) is 38.5 cm³/mol. The Labute approximate surface area is 82.7 Å². The molecule has 0 saturated carbocycles. The molecule has 0 radical (unpaired) electrons. The average Bonchev–Trinajstić information content (AvgIpc) is 1.63. The topological polar surface area (TPSA) is 54.4 Å². The van der Waals surface area contributed by atoms with Gasteiger partial charge in [-0.1, -0.05) is 20.8 Å². The molecule has 0 aromatic heterocycles. The van der Waals surface area contributed by atoms with Crippen LogP contribution < -0.4 is 0 Å². The van der Waals surface area contributed by atoms with E-state index in [4.69, 9.17) is 9.90 Å². The van der Waals surface area contributed by atoms with Crippen LogP contribution in [0.15, 0.2) is 0 Å². The number of rotatable bonds is 0. The molecule has 0 saturated heterocycles. The number of hydrogen-bond acceptors (Lipinski definition) is 2. The molecule has 0 aliphatic carbocycles. The summed E-state index contributed by atoms with van der Waals surface area (Å²) in [5.41, 5.74) is -0.264. The van der Waals surface area contributed by atoms with Crippen molar-refractivity contribution in [1.82, 2.24) is 0 Å². The summed E-state index contributed by atoms with van der Waals surface area (Å²) >= 11 is 0. The fourth-order valence-corrected chi connectivity index (χ4v) is 0. The second kappa shape index (κ2) is 7.98. The Morgan fingerprint density at radius 3 is 1.45 bits per heavy atom. The quantitative estimate of drug-likeness (QED) is 0.521. The van der Waals surface area contributed by atoms with Crippen molar-refractivity contribution in [1.29, 1.82) is 0 Å². The number of carbonyl (C=O) groups excluding carboxylic acids is 1. The summed E-state index contributed by atoms with van der Waals surface area (Å²) < 4.78 is 0. The van der Waals surface area contributed by atoms with Gasteiger partial charge < -0.3 is 9.90 Å². The van der Waals surface area contributed by atoms with E-state index in [1.54, 1.807) is 0 Å². The first-order valence-electron chi connectivity index (χ1n) is 2.88. The molecule has 0 aliphatic heterocycles. The Morgan fingerprint density at radius 2 is 1.45 bits per heavy atom. The fourth-order valence-electron chi connectivity index (χ4n) is 0. The summed E-state index contributed by atoms with van der Waals surface area (Å²) in [7, 11) is 0. The van der Waals surface area contributed by atoms with Gasteiger partial charge in [-0.05, 0) is 0 Å². The Balaban J connectivity index is -0.000000114. The smallest absolute Gasteiger partial charge is 0.541 e. The van der Waals surface area contributed by atoms with Crippen LogP contribution in [0, 0.1) is 5.41 Å². The van der Waals surface area contributed by atoms with E-state index in [2.05, 4.69) is 0 Å². The summed E-state index contributed by atoms with van der Waals surface area (Å²) in [6.07, 6.45) is 1.85. The number of carboxylic acid groups (broad SMARTS) is 1. The van der Waals surface area contributed by atoms with Crippen molar-refractivity contribution < 1.29 is 37.1 Å². The van der Waals surface area contributed by atoms with Gasteiger partial charge in [0.2, 0.25) is 0 Å². The molecule has 0 fully saturated rings. The largest absolute Gasteiger partial charge is 1.00 e. The second-order valence-electron chi connectivity index (χ2n) is 2.87. The van der Waals surface area contributed by atoms with Crippen LogP contribution >= 0.6 is 0 Å². The Bertz CT molecular complexity index is 111. The third-order valence-corrected chi connectivity index (χ3v) is 0.306. The Kier molecular flexibility index (Phi) is 12.4. The minimum atomic E-state index is -0.833. The van der Waals surface area contributed by atoms with E-state index in [0.29, 0.717) is 0 Å². The molecule has 3 nitrogen and oxygen atoms in total. The number of carbonyl (C=O) groups is 1. The van der Waals surface area contributed by atoms with Crippen LogP contribution in [0.5, 0.6) is 0 Å². The predicted octanol–water partition coefficient (Wildman–Crippen LogP) is 1.23. The molecule has 1 N–H and O–H groups in total. The fraction of sp³-hybridized carbons (Fsp3) is 0.714. The first-order chi connectivity index (χ1) is 4.29. The number of carboxylic acids is 1. The number of aliphatic carboxylic acids is 1. The molecule has 0 aromatic rings. The van der Waals surface area contributed by atoms with Crippen LogP contribution in [0.2, 0.25) is 0 Å². The monoisotopic (exact) mass is 252 g/mol. The zero-order valence-corrected chi connectivity index (χ0v) is 8.55. The van der Waals surface area contributed by atoms with E-state index in [0.717, 1.165) is 6.92 Å². The molecule has 0 aromatic carbocycles. The van der Waals surface area contributed by atoms with Crippen molar-refractivity contribution in [3.05, 3.63) is 0 Å². The molecule has 0 aliphatic rings. The summed E-state index contributed by atoms with van der Waals surface area (Å²) in [4.78, 5) is 18.7. The van der Waals surface area contributed by atoms with Crippen molar-refractivity contribution in [2.45, 2.75) is 27.7 Å². The van der Waals surface area contributed by atoms with E-state index in [1.807, 2.05) is 27.1 Å². The van der Waals surface area contributed by atoms with Gasteiger partial charge in [0.15, 0.2) is 0 Å². The van der Waals surface area contributed by atoms with Crippen molar-refractivity contribution in [3.8, 4) is 0 Å². The van der Waals surface area contributed by atoms with Crippen LogP contribution in [0.4, 0.5) is 0 Å². The van der Waals surface area contributed by atoms with Crippen LogP contribution in [-0.4, -0.2) is 17.4 Å². The Morgan fingerprint density at radius 1 is 1.36 bits per heavy atom. The van der Waals surface area contributed by atoms with Crippen molar-refractivity contribution in [3.63, 3.8) is 0 Å². The van der Waals surface area contributed by atoms with Gasteiger partial charge in [0.1, 0.15) is 0 Å². The average molecular weight is 253 g/mol. The van der Waals surface area contributed by atoms with Crippen molar-refractivity contribution >= 4 is 12.3 Å². The Hall–Kier alpha value is -0.120.